The standard InChI is InChI=1S/C17H25N3.HI/c1-5-12-19-16(18-6-2)20-14-17(3,4)13-15-10-8-7-9-11-15;/h1,7-11H,6,12-14H2,2-4H3,(H2,18,19,20);1H. The van der Waals surface area contributed by atoms with Gasteiger partial charge in [0.2, 0.25) is 0 Å². The summed E-state index contributed by atoms with van der Waals surface area (Å²) in [5.41, 5.74) is 1.45. The summed E-state index contributed by atoms with van der Waals surface area (Å²) in [7, 11) is 0. The normalized spacial score (nSPS) is 11.2. The first-order valence-corrected chi connectivity index (χ1v) is 7.07. The van der Waals surface area contributed by atoms with Gasteiger partial charge in [-0.3, -0.25) is 4.99 Å². The fraction of sp³-hybridized carbons (Fsp3) is 0.471. The average Bonchev–Trinajstić information content (AvgIpc) is 2.42. The Hall–Kier alpha value is -1.22. The van der Waals surface area contributed by atoms with Crippen molar-refractivity contribution in [2.75, 3.05) is 19.6 Å². The molecule has 4 heteroatoms. The number of nitrogens with zero attached hydrogens (tertiary/aromatic N) is 1. The number of halogens is 1. The third-order valence-corrected chi connectivity index (χ3v) is 2.89. The Morgan fingerprint density at radius 3 is 2.48 bits per heavy atom. The predicted molar refractivity (Wildman–Crippen MR) is 102 cm³/mol. The lowest BCUT2D eigenvalue weighted by molar-refractivity contribution is 0.377. The summed E-state index contributed by atoms with van der Waals surface area (Å²) in [6.45, 7) is 8.58. The number of benzene rings is 1. The van der Waals surface area contributed by atoms with Crippen LogP contribution in [-0.2, 0) is 6.42 Å². The van der Waals surface area contributed by atoms with Crippen molar-refractivity contribution in [2.24, 2.45) is 10.4 Å². The van der Waals surface area contributed by atoms with Crippen LogP contribution in [0.3, 0.4) is 0 Å². The number of terminal acetylenes is 1. The fourth-order valence-corrected chi connectivity index (χ4v) is 1.97. The molecule has 2 N–H and O–H groups in total. The van der Waals surface area contributed by atoms with Crippen LogP contribution in [0, 0.1) is 17.8 Å². The molecule has 0 aromatic heterocycles. The van der Waals surface area contributed by atoms with E-state index in [0.29, 0.717) is 6.54 Å². The molecule has 3 nitrogen and oxygen atoms in total. The zero-order valence-corrected chi connectivity index (χ0v) is 15.5. The minimum absolute atomic E-state index is 0. The van der Waals surface area contributed by atoms with Crippen molar-refractivity contribution in [3.8, 4) is 12.3 Å². The van der Waals surface area contributed by atoms with Crippen LogP contribution in [-0.4, -0.2) is 25.6 Å². The van der Waals surface area contributed by atoms with Crippen molar-refractivity contribution < 1.29 is 0 Å². The van der Waals surface area contributed by atoms with E-state index < -0.39 is 0 Å². The molecule has 0 bridgehead atoms. The smallest absolute Gasteiger partial charge is 0.192 e. The van der Waals surface area contributed by atoms with E-state index in [1.165, 1.54) is 5.56 Å². The molecule has 0 saturated carbocycles. The van der Waals surface area contributed by atoms with Gasteiger partial charge in [-0.15, -0.1) is 30.4 Å². The molecule has 0 aliphatic heterocycles. The Balaban J connectivity index is 0.00000400. The van der Waals surface area contributed by atoms with E-state index in [9.17, 15) is 0 Å². The van der Waals surface area contributed by atoms with Gasteiger partial charge < -0.3 is 10.6 Å². The highest BCUT2D eigenvalue weighted by atomic mass is 127. The van der Waals surface area contributed by atoms with Gasteiger partial charge in [0.1, 0.15) is 0 Å². The van der Waals surface area contributed by atoms with Crippen LogP contribution in [0.5, 0.6) is 0 Å². The molecule has 0 unspecified atom stereocenters. The van der Waals surface area contributed by atoms with E-state index in [1.54, 1.807) is 0 Å². The van der Waals surface area contributed by atoms with Gasteiger partial charge in [0.05, 0.1) is 6.54 Å². The van der Waals surface area contributed by atoms with Crippen molar-refractivity contribution in [1.82, 2.24) is 10.6 Å². The number of aliphatic imine (C=N–C) groups is 1. The molecule has 0 saturated heterocycles. The van der Waals surface area contributed by atoms with Crippen molar-refractivity contribution in [2.45, 2.75) is 27.2 Å². The number of nitrogens with one attached hydrogen (secondary N) is 2. The summed E-state index contributed by atoms with van der Waals surface area (Å²) in [6.07, 6.45) is 6.27. The molecular formula is C17H26IN3. The molecular weight excluding hydrogens is 373 g/mol. The third-order valence-electron chi connectivity index (χ3n) is 2.89. The summed E-state index contributed by atoms with van der Waals surface area (Å²) in [4.78, 5) is 4.62. The highest BCUT2D eigenvalue weighted by molar-refractivity contribution is 14.0. The third kappa shape index (κ3) is 8.61. The molecule has 0 heterocycles. The van der Waals surface area contributed by atoms with Crippen molar-refractivity contribution in [3.05, 3.63) is 35.9 Å². The number of guanidine groups is 1. The van der Waals surface area contributed by atoms with Gasteiger partial charge in [0.25, 0.3) is 0 Å². The molecule has 0 aliphatic rings. The number of hydrogen-bond donors (Lipinski definition) is 2. The molecule has 1 aromatic carbocycles. The minimum Gasteiger partial charge on any atom is -0.357 e. The zero-order valence-electron chi connectivity index (χ0n) is 13.1. The lowest BCUT2D eigenvalue weighted by Gasteiger charge is -2.23. The maximum absolute atomic E-state index is 5.26. The monoisotopic (exact) mass is 399 g/mol. The van der Waals surface area contributed by atoms with Gasteiger partial charge in [-0.05, 0) is 24.3 Å². The van der Waals surface area contributed by atoms with Crippen LogP contribution in [0.25, 0.3) is 0 Å². The van der Waals surface area contributed by atoms with Gasteiger partial charge in [-0.25, -0.2) is 0 Å². The first-order chi connectivity index (χ1) is 9.57. The molecule has 116 valence electrons. The topological polar surface area (TPSA) is 36.4 Å². The van der Waals surface area contributed by atoms with Crippen LogP contribution in [0.1, 0.15) is 26.3 Å². The van der Waals surface area contributed by atoms with E-state index in [4.69, 9.17) is 6.42 Å². The van der Waals surface area contributed by atoms with Gasteiger partial charge in [-0.1, -0.05) is 50.1 Å². The van der Waals surface area contributed by atoms with Gasteiger partial charge in [0, 0.05) is 13.1 Å². The van der Waals surface area contributed by atoms with Crippen LogP contribution in [0.2, 0.25) is 0 Å². The first kappa shape index (κ1) is 19.8. The molecule has 0 fully saturated rings. The second-order valence-corrected chi connectivity index (χ2v) is 5.58. The summed E-state index contributed by atoms with van der Waals surface area (Å²) < 4.78 is 0. The van der Waals surface area contributed by atoms with Crippen molar-refractivity contribution in [3.63, 3.8) is 0 Å². The summed E-state index contributed by atoms with van der Waals surface area (Å²) in [6, 6.07) is 10.5. The predicted octanol–water partition coefficient (Wildman–Crippen LogP) is 3.06. The average molecular weight is 399 g/mol. The highest BCUT2D eigenvalue weighted by Crippen LogP contribution is 2.22. The summed E-state index contributed by atoms with van der Waals surface area (Å²) >= 11 is 0. The van der Waals surface area contributed by atoms with Crippen LogP contribution >= 0.6 is 24.0 Å². The molecule has 1 aromatic rings. The Morgan fingerprint density at radius 1 is 1.24 bits per heavy atom. The largest absolute Gasteiger partial charge is 0.357 e. The molecule has 21 heavy (non-hydrogen) atoms. The zero-order chi connectivity index (χ0) is 14.8. The van der Waals surface area contributed by atoms with Crippen molar-refractivity contribution in [1.29, 1.82) is 0 Å². The molecule has 0 atom stereocenters. The Morgan fingerprint density at radius 2 is 1.90 bits per heavy atom. The van der Waals surface area contributed by atoms with Gasteiger partial charge in [-0.2, -0.15) is 0 Å². The maximum Gasteiger partial charge on any atom is 0.192 e. The van der Waals surface area contributed by atoms with Crippen LogP contribution in [0.15, 0.2) is 35.3 Å². The van der Waals surface area contributed by atoms with E-state index in [2.05, 4.69) is 59.7 Å². The molecule has 0 spiro atoms. The molecule has 1 rings (SSSR count). The molecule has 0 radical (unpaired) electrons. The van der Waals surface area contributed by atoms with Gasteiger partial charge >= 0.3 is 0 Å². The number of rotatable bonds is 6. The van der Waals surface area contributed by atoms with E-state index in [0.717, 1.165) is 25.5 Å². The quantitative estimate of drug-likeness (QED) is 0.334. The molecule has 0 aliphatic carbocycles. The second-order valence-electron chi connectivity index (χ2n) is 5.58. The second kappa shape index (κ2) is 10.5. The molecule has 0 amide bonds. The lowest BCUT2D eigenvalue weighted by atomic mass is 9.86. The Bertz CT molecular complexity index is 461. The Labute approximate surface area is 146 Å². The lowest BCUT2D eigenvalue weighted by Crippen LogP contribution is -2.38. The minimum atomic E-state index is 0. The Kier molecular flexibility index (Phi) is 9.89. The maximum atomic E-state index is 5.26. The first-order valence-electron chi connectivity index (χ1n) is 7.07. The highest BCUT2D eigenvalue weighted by Gasteiger charge is 2.18. The van der Waals surface area contributed by atoms with Gasteiger partial charge in [0.15, 0.2) is 5.96 Å². The van der Waals surface area contributed by atoms with Crippen LogP contribution < -0.4 is 10.6 Å². The summed E-state index contributed by atoms with van der Waals surface area (Å²) in [5, 5.41) is 6.31. The SMILES string of the molecule is C#CCNC(=NCC(C)(C)Cc1ccccc1)NCC.I. The summed E-state index contributed by atoms with van der Waals surface area (Å²) in [5.74, 6) is 3.35. The van der Waals surface area contributed by atoms with Crippen molar-refractivity contribution >= 4 is 29.9 Å². The number of hydrogen-bond acceptors (Lipinski definition) is 1. The van der Waals surface area contributed by atoms with E-state index in [1.807, 2.05) is 13.0 Å². The fourth-order valence-electron chi connectivity index (χ4n) is 1.97. The van der Waals surface area contributed by atoms with E-state index >= 15 is 0 Å². The van der Waals surface area contributed by atoms with E-state index in [-0.39, 0.29) is 29.4 Å². The van der Waals surface area contributed by atoms with Crippen LogP contribution in [0.4, 0.5) is 0 Å².